The van der Waals surface area contributed by atoms with Crippen molar-refractivity contribution in [3.05, 3.63) is 47.4 Å². The number of hydrogen-bond acceptors (Lipinski definition) is 7. The zero-order valence-corrected chi connectivity index (χ0v) is 20.1. The third kappa shape index (κ3) is 3.32. The van der Waals surface area contributed by atoms with E-state index in [0.717, 1.165) is 48.6 Å². The molecule has 1 aliphatic heterocycles. The smallest absolute Gasteiger partial charge is 0.340 e. The molecule has 0 amide bonds. The van der Waals surface area contributed by atoms with Crippen molar-refractivity contribution >= 4 is 28.4 Å². The highest BCUT2D eigenvalue weighted by molar-refractivity contribution is 5.94. The number of aromatic nitrogens is 3. The number of rotatable bonds is 6. The third-order valence-corrected chi connectivity index (χ3v) is 7.79. The molecule has 6 rings (SSSR count). The molecule has 2 fully saturated rings. The Morgan fingerprint density at radius 1 is 1.15 bits per heavy atom. The van der Waals surface area contributed by atoms with Gasteiger partial charge in [0, 0.05) is 12.4 Å². The third-order valence-electron chi connectivity index (χ3n) is 7.79. The highest BCUT2D eigenvalue weighted by Gasteiger charge is 2.63. The number of fused-ring (bicyclic) bond motifs is 3. The number of cyclic esters (lactones) is 1. The molecular weight excluding hydrogens is 428 g/mol. The summed E-state index contributed by atoms with van der Waals surface area (Å²) < 4.78 is 11.8. The number of nitrogens with zero attached hydrogens (tertiary/aromatic N) is 3. The van der Waals surface area contributed by atoms with E-state index in [2.05, 4.69) is 35.2 Å². The fraction of sp³-hybridized carbons (Fsp3) is 0.481. The van der Waals surface area contributed by atoms with E-state index in [-0.39, 0.29) is 17.5 Å². The highest BCUT2D eigenvalue weighted by atomic mass is 16.6. The van der Waals surface area contributed by atoms with Crippen LogP contribution in [0.25, 0.3) is 10.8 Å². The van der Waals surface area contributed by atoms with Gasteiger partial charge < -0.3 is 14.8 Å². The maximum Gasteiger partial charge on any atom is 0.340 e. The summed E-state index contributed by atoms with van der Waals surface area (Å²) >= 11 is 0. The molecule has 176 valence electrons. The van der Waals surface area contributed by atoms with Gasteiger partial charge in [0.1, 0.15) is 23.3 Å². The zero-order chi connectivity index (χ0) is 23.7. The molecule has 0 aromatic carbocycles. The summed E-state index contributed by atoms with van der Waals surface area (Å²) in [5.41, 5.74) is 1.84. The van der Waals surface area contributed by atoms with Gasteiger partial charge in [0.05, 0.1) is 22.1 Å². The van der Waals surface area contributed by atoms with E-state index in [0.29, 0.717) is 29.0 Å². The minimum Gasteiger partial charge on any atom is -0.474 e. The fourth-order valence-electron chi connectivity index (χ4n) is 5.07. The minimum absolute atomic E-state index is 0.199. The number of pyridine rings is 3. The Labute approximate surface area is 199 Å². The van der Waals surface area contributed by atoms with Crippen molar-refractivity contribution in [2.45, 2.75) is 82.8 Å². The molecule has 7 nitrogen and oxygen atoms in total. The number of anilines is 2. The van der Waals surface area contributed by atoms with Gasteiger partial charge in [0.25, 0.3) is 0 Å². The molecule has 1 spiro atoms. The van der Waals surface area contributed by atoms with Crippen LogP contribution in [0.3, 0.4) is 0 Å². The average molecular weight is 459 g/mol. The number of carbonyl (C=O) groups excluding carboxylic acids is 1. The van der Waals surface area contributed by atoms with E-state index in [1.165, 1.54) is 5.56 Å². The van der Waals surface area contributed by atoms with E-state index in [9.17, 15) is 4.79 Å². The summed E-state index contributed by atoms with van der Waals surface area (Å²) in [6.07, 6.45) is 9.19. The van der Waals surface area contributed by atoms with Gasteiger partial charge in [-0.1, -0.05) is 13.8 Å². The molecule has 1 unspecified atom stereocenters. The Balaban J connectivity index is 1.38. The second-order valence-electron chi connectivity index (χ2n) is 10.5. The van der Waals surface area contributed by atoms with Crippen LogP contribution in [0.4, 0.5) is 11.6 Å². The van der Waals surface area contributed by atoms with Crippen molar-refractivity contribution in [3.63, 3.8) is 0 Å². The molecule has 7 heteroatoms. The first-order valence-electron chi connectivity index (χ1n) is 12.3. The molecule has 1 atom stereocenters. The predicted molar refractivity (Wildman–Crippen MR) is 130 cm³/mol. The molecule has 0 radical (unpaired) electrons. The van der Waals surface area contributed by atoms with Crippen molar-refractivity contribution < 1.29 is 14.3 Å². The van der Waals surface area contributed by atoms with E-state index in [4.69, 9.17) is 14.5 Å². The summed E-state index contributed by atoms with van der Waals surface area (Å²) in [6.45, 7) is 8.37. The lowest BCUT2D eigenvalue weighted by Crippen LogP contribution is -2.46. The van der Waals surface area contributed by atoms with Crippen molar-refractivity contribution in [3.8, 4) is 5.88 Å². The van der Waals surface area contributed by atoms with Gasteiger partial charge in [0.2, 0.25) is 5.88 Å². The van der Waals surface area contributed by atoms with Gasteiger partial charge >= 0.3 is 5.97 Å². The summed E-state index contributed by atoms with van der Waals surface area (Å²) in [4.78, 5) is 26.7. The standard InChI is InChI=1S/C27H30N4O3/c1-5-15(2)19-13-29-24(33-16-6-7-16)20-14-28-22(12-18(19)20)30-21-9-8-17-23(31-21)27(10-11-27)26(3,4)34-25(17)32/h8-9,12-16H,5-7,10-11H2,1-4H3,(H,28,30,31). The van der Waals surface area contributed by atoms with Crippen LogP contribution < -0.4 is 10.1 Å². The first-order chi connectivity index (χ1) is 16.3. The maximum atomic E-state index is 12.6. The summed E-state index contributed by atoms with van der Waals surface area (Å²) in [5.74, 6) is 2.11. The van der Waals surface area contributed by atoms with Gasteiger partial charge in [-0.25, -0.2) is 19.7 Å². The number of hydrogen-bond donors (Lipinski definition) is 1. The second kappa shape index (κ2) is 7.39. The molecule has 2 saturated carbocycles. The molecule has 2 aliphatic carbocycles. The molecule has 3 aromatic rings. The van der Waals surface area contributed by atoms with Gasteiger partial charge in [-0.15, -0.1) is 0 Å². The van der Waals surface area contributed by atoms with Crippen LogP contribution in [0.2, 0.25) is 0 Å². The Hall–Kier alpha value is -3.22. The van der Waals surface area contributed by atoms with Gasteiger partial charge in [-0.2, -0.15) is 0 Å². The SMILES string of the molecule is CCC(C)c1cnc(OC2CC2)c2cnc(Nc3ccc4c(n3)C3(CC3)C(C)(C)OC4=O)cc12. The quantitative estimate of drug-likeness (QED) is 0.467. The van der Waals surface area contributed by atoms with Crippen molar-refractivity contribution in [2.75, 3.05) is 5.32 Å². The summed E-state index contributed by atoms with van der Waals surface area (Å²) in [5, 5.41) is 5.41. The Morgan fingerprint density at radius 3 is 2.65 bits per heavy atom. The lowest BCUT2D eigenvalue weighted by Gasteiger charge is -2.39. The molecule has 0 bridgehead atoms. The van der Waals surface area contributed by atoms with Crippen molar-refractivity contribution in [1.82, 2.24) is 15.0 Å². The van der Waals surface area contributed by atoms with E-state index in [1.807, 2.05) is 38.4 Å². The lowest BCUT2D eigenvalue weighted by molar-refractivity contribution is -0.0285. The van der Waals surface area contributed by atoms with E-state index in [1.54, 1.807) is 0 Å². The monoisotopic (exact) mass is 458 g/mol. The van der Waals surface area contributed by atoms with Crippen LogP contribution in [0.15, 0.2) is 30.6 Å². The summed E-state index contributed by atoms with van der Waals surface area (Å²) in [6, 6.07) is 5.70. The average Bonchev–Trinajstić information content (AvgIpc) is 3.73. The van der Waals surface area contributed by atoms with Crippen LogP contribution >= 0.6 is 0 Å². The van der Waals surface area contributed by atoms with Crippen LogP contribution in [-0.4, -0.2) is 32.6 Å². The van der Waals surface area contributed by atoms with Crippen molar-refractivity contribution in [2.24, 2.45) is 0 Å². The molecule has 4 heterocycles. The second-order valence-corrected chi connectivity index (χ2v) is 10.5. The van der Waals surface area contributed by atoms with Crippen LogP contribution in [0.5, 0.6) is 5.88 Å². The molecule has 1 N–H and O–H groups in total. The Morgan fingerprint density at radius 2 is 1.94 bits per heavy atom. The molecular formula is C27H30N4O3. The Bertz CT molecular complexity index is 1310. The van der Waals surface area contributed by atoms with E-state index < -0.39 is 5.60 Å². The predicted octanol–water partition coefficient (Wildman–Crippen LogP) is 5.80. The largest absolute Gasteiger partial charge is 0.474 e. The fourth-order valence-corrected chi connectivity index (χ4v) is 5.07. The molecule has 3 aliphatic rings. The Kier molecular flexibility index (Phi) is 4.63. The normalized spacial score (nSPS) is 20.5. The number of ether oxygens (including phenoxy) is 2. The van der Waals surface area contributed by atoms with Gasteiger partial charge in [-0.3, -0.25) is 0 Å². The number of nitrogens with one attached hydrogen (secondary N) is 1. The molecule has 34 heavy (non-hydrogen) atoms. The molecule has 3 aromatic heterocycles. The van der Waals surface area contributed by atoms with Gasteiger partial charge in [0.15, 0.2) is 0 Å². The maximum absolute atomic E-state index is 12.6. The topological polar surface area (TPSA) is 86.2 Å². The van der Waals surface area contributed by atoms with Crippen LogP contribution in [-0.2, 0) is 10.2 Å². The van der Waals surface area contributed by atoms with Crippen molar-refractivity contribution in [1.29, 1.82) is 0 Å². The first-order valence-corrected chi connectivity index (χ1v) is 12.3. The highest BCUT2D eigenvalue weighted by Crippen LogP contribution is 2.59. The number of esters is 1. The van der Waals surface area contributed by atoms with Gasteiger partial charge in [-0.05, 0) is 81.0 Å². The lowest BCUT2D eigenvalue weighted by atomic mass is 9.80. The van der Waals surface area contributed by atoms with Crippen LogP contribution in [0.1, 0.15) is 87.3 Å². The van der Waals surface area contributed by atoms with Crippen LogP contribution in [0, 0.1) is 0 Å². The number of carbonyl (C=O) groups is 1. The molecule has 0 saturated heterocycles. The first kappa shape index (κ1) is 21.3. The zero-order valence-electron chi connectivity index (χ0n) is 20.1. The van der Waals surface area contributed by atoms with E-state index >= 15 is 0 Å². The minimum atomic E-state index is -0.555. The summed E-state index contributed by atoms with van der Waals surface area (Å²) in [7, 11) is 0.